The van der Waals surface area contributed by atoms with Crippen molar-refractivity contribution in [3.05, 3.63) is 131 Å². The number of rotatable bonds is 14. The van der Waals surface area contributed by atoms with Gasteiger partial charge in [0.05, 0.1) is 10.6 Å². The van der Waals surface area contributed by atoms with E-state index < -0.39 is 28.5 Å². The zero-order valence-corrected chi connectivity index (χ0v) is 27.4. The Labute approximate surface area is 268 Å². The van der Waals surface area contributed by atoms with Crippen molar-refractivity contribution in [2.24, 2.45) is 0 Å². The molecule has 0 aromatic heterocycles. The quantitative estimate of drug-likeness (QED) is 0.165. The number of sulfonamides is 1. The number of amides is 2. The van der Waals surface area contributed by atoms with Crippen molar-refractivity contribution in [2.45, 2.75) is 64.4 Å². The molecule has 2 amide bonds. The Morgan fingerprint density at radius 1 is 0.778 bits per heavy atom. The number of anilines is 1. The van der Waals surface area contributed by atoms with Gasteiger partial charge in [-0.25, -0.2) is 8.42 Å². The molecule has 4 aromatic rings. The molecule has 8 heteroatoms. The average Bonchev–Trinajstić information content (AvgIpc) is 3.03. The third kappa shape index (κ3) is 8.82. The lowest BCUT2D eigenvalue weighted by Crippen LogP contribution is -2.53. The van der Waals surface area contributed by atoms with Crippen LogP contribution >= 0.6 is 0 Å². The van der Waals surface area contributed by atoms with Crippen LogP contribution in [0.2, 0.25) is 0 Å². The summed E-state index contributed by atoms with van der Waals surface area (Å²) in [6, 6.07) is 30.1. The molecule has 1 unspecified atom stereocenters. The second kappa shape index (κ2) is 15.5. The Morgan fingerprint density at radius 2 is 1.38 bits per heavy atom. The van der Waals surface area contributed by atoms with Gasteiger partial charge in [-0.15, -0.1) is 0 Å². The number of hydrogen-bond acceptors (Lipinski definition) is 4. The van der Waals surface area contributed by atoms with Crippen LogP contribution in [0.1, 0.15) is 47.6 Å². The van der Waals surface area contributed by atoms with E-state index in [0.29, 0.717) is 12.2 Å². The number of unbranched alkanes of at least 4 members (excludes halogenated alkanes) is 1. The molecule has 0 aliphatic heterocycles. The molecule has 0 saturated carbocycles. The van der Waals surface area contributed by atoms with Gasteiger partial charge < -0.3 is 10.2 Å². The number of benzene rings is 4. The molecule has 4 aromatic carbocycles. The number of hydrogen-bond donors (Lipinski definition) is 1. The van der Waals surface area contributed by atoms with Gasteiger partial charge in [-0.3, -0.25) is 13.9 Å². The molecule has 1 atom stereocenters. The highest BCUT2D eigenvalue weighted by atomic mass is 32.2. The molecule has 1 N–H and O–H groups in total. The largest absolute Gasteiger partial charge is 0.354 e. The monoisotopic (exact) mass is 625 g/mol. The van der Waals surface area contributed by atoms with Crippen LogP contribution in [0.25, 0.3) is 0 Å². The summed E-state index contributed by atoms with van der Waals surface area (Å²) in [4.78, 5) is 30.0. The zero-order chi connectivity index (χ0) is 32.4. The van der Waals surface area contributed by atoms with E-state index in [4.69, 9.17) is 0 Å². The first kappa shape index (κ1) is 33.5. The van der Waals surface area contributed by atoms with Gasteiger partial charge in [0.15, 0.2) is 0 Å². The molecule has 236 valence electrons. The number of nitrogens with one attached hydrogen (secondary N) is 1. The first-order valence-electron chi connectivity index (χ1n) is 15.4. The lowest BCUT2D eigenvalue weighted by molar-refractivity contribution is -0.140. The van der Waals surface area contributed by atoms with Gasteiger partial charge in [-0.05, 0) is 68.1 Å². The van der Waals surface area contributed by atoms with Crippen LogP contribution in [0.4, 0.5) is 5.69 Å². The van der Waals surface area contributed by atoms with Gasteiger partial charge in [0.25, 0.3) is 10.0 Å². The Balaban J connectivity index is 1.79. The maximum Gasteiger partial charge on any atom is 0.264 e. The SMILES string of the molecule is CCCCNC(=O)C(Cc1ccccc1)N(Cc1ccccc1C)C(=O)CN(c1ccc(C)cc1)S(=O)(=O)c1ccc(C)cc1. The van der Waals surface area contributed by atoms with Gasteiger partial charge >= 0.3 is 0 Å². The first-order valence-corrected chi connectivity index (χ1v) is 16.9. The molecule has 0 spiro atoms. The van der Waals surface area contributed by atoms with Gasteiger partial charge in [-0.2, -0.15) is 0 Å². The minimum Gasteiger partial charge on any atom is -0.354 e. The molecule has 0 heterocycles. The molecular weight excluding hydrogens is 582 g/mol. The topological polar surface area (TPSA) is 86.8 Å². The van der Waals surface area contributed by atoms with Crippen molar-refractivity contribution < 1.29 is 18.0 Å². The van der Waals surface area contributed by atoms with Gasteiger partial charge in [0, 0.05) is 19.5 Å². The van der Waals surface area contributed by atoms with Crippen molar-refractivity contribution in [1.29, 1.82) is 0 Å². The van der Waals surface area contributed by atoms with Crippen LogP contribution < -0.4 is 9.62 Å². The Hall–Kier alpha value is -4.43. The van der Waals surface area contributed by atoms with E-state index >= 15 is 0 Å². The van der Waals surface area contributed by atoms with Gasteiger partial charge in [-0.1, -0.05) is 103 Å². The summed E-state index contributed by atoms with van der Waals surface area (Å²) in [5.41, 5.74) is 5.02. The second-order valence-corrected chi connectivity index (χ2v) is 13.3. The van der Waals surface area contributed by atoms with Gasteiger partial charge in [0.1, 0.15) is 12.6 Å². The van der Waals surface area contributed by atoms with Crippen LogP contribution in [0, 0.1) is 20.8 Å². The summed E-state index contributed by atoms with van der Waals surface area (Å²) in [6.45, 7) is 7.99. The third-order valence-electron chi connectivity index (χ3n) is 7.91. The Morgan fingerprint density at radius 3 is 2.00 bits per heavy atom. The molecule has 0 bridgehead atoms. The fraction of sp³-hybridized carbons (Fsp3) is 0.297. The molecule has 0 aliphatic carbocycles. The van der Waals surface area contributed by atoms with Crippen LogP contribution in [0.5, 0.6) is 0 Å². The third-order valence-corrected chi connectivity index (χ3v) is 9.70. The Bertz CT molecular complexity index is 1670. The van der Waals surface area contributed by atoms with Crippen LogP contribution in [-0.4, -0.2) is 44.3 Å². The van der Waals surface area contributed by atoms with Crippen molar-refractivity contribution in [3.63, 3.8) is 0 Å². The van der Waals surface area contributed by atoms with E-state index in [1.807, 2.05) is 87.5 Å². The number of nitrogens with zero attached hydrogens (tertiary/aromatic N) is 2. The number of carbonyl (C=O) groups is 2. The zero-order valence-electron chi connectivity index (χ0n) is 26.6. The van der Waals surface area contributed by atoms with E-state index in [1.165, 1.54) is 0 Å². The molecule has 0 fully saturated rings. The maximum absolute atomic E-state index is 14.5. The fourth-order valence-electron chi connectivity index (χ4n) is 5.11. The lowest BCUT2D eigenvalue weighted by atomic mass is 10.0. The highest BCUT2D eigenvalue weighted by Gasteiger charge is 2.34. The minimum absolute atomic E-state index is 0.0880. The van der Waals surface area contributed by atoms with Crippen molar-refractivity contribution in [3.8, 4) is 0 Å². The van der Waals surface area contributed by atoms with Gasteiger partial charge in [0.2, 0.25) is 11.8 Å². The summed E-state index contributed by atoms with van der Waals surface area (Å²) in [6.07, 6.45) is 2.01. The number of aryl methyl sites for hydroxylation is 3. The normalized spacial score (nSPS) is 11.9. The van der Waals surface area contributed by atoms with Crippen molar-refractivity contribution >= 4 is 27.5 Å². The highest BCUT2D eigenvalue weighted by Crippen LogP contribution is 2.26. The van der Waals surface area contributed by atoms with Crippen LogP contribution in [0.15, 0.2) is 108 Å². The van der Waals surface area contributed by atoms with E-state index in [2.05, 4.69) is 12.2 Å². The Kier molecular flexibility index (Phi) is 11.5. The molecule has 4 rings (SSSR count). The summed E-state index contributed by atoms with van der Waals surface area (Å²) in [5.74, 6) is -0.737. The van der Waals surface area contributed by atoms with E-state index in [1.54, 1.807) is 41.3 Å². The lowest BCUT2D eigenvalue weighted by Gasteiger charge is -2.34. The molecular formula is C37H43N3O4S. The van der Waals surface area contributed by atoms with E-state index in [0.717, 1.165) is 45.0 Å². The summed E-state index contributed by atoms with van der Waals surface area (Å²) < 4.78 is 29.4. The number of carbonyl (C=O) groups excluding carboxylic acids is 2. The van der Waals surface area contributed by atoms with E-state index in [-0.39, 0.29) is 23.8 Å². The fourth-order valence-corrected chi connectivity index (χ4v) is 6.52. The molecule has 0 radical (unpaired) electrons. The molecule has 0 saturated heterocycles. The average molecular weight is 626 g/mol. The predicted octanol–water partition coefficient (Wildman–Crippen LogP) is 6.36. The first-order chi connectivity index (χ1) is 21.6. The highest BCUT2D eigenvalue weighted by molar-refractivity contribution is 7.92. The summed E-state index contributed by atoms with van der Waals surface area (Å²) in [5, 5.41) is 3.03. The van der Waals surface area contributed by atoms with E-state index in [9.17, 15) is 18.0 Å². The maximum atomic E-state index is 14.5. The molecule has 0 aliphatic rings. The van der Waals surface area contributed by atoms with Crippen LogP contribution in [-0.2, 0) is 32.6 Å². The standard InChI is InChI=1S/C37H43N3O4S/c1-5-6-24-38-37(42)35(25-31-13-8-7-9-14-31)39(26-32-15-11-10-12-30(32)4)36(41)27-40(33-20-16-28(2)17-21-33)45(43,44)34-22-18-29(3)19-23-34/h7-23,35H,5-6,24-27H2,1-4H3,(H,38,42). The second-order valence-electron chi connectivity index (χ2n) is 11.5. The minimum atomic E-state index is -4.13. The van der Waals surface area contributed by atoms with Crippen molar-refractivity contribution in [1.82, 2.24) is 10.2 Å². The summed E-state index contributed by atoms with van der Waals surface area (Å²) in [7, 11) is -4.13. The summed E-state index contributed by atoms with van der Waals surface area (Å²) >= 11 is 0. The van der Waals surface area contributed by atoms with Crippen molar-refractivity contribution in [2.75, 3.05) is 17.4 Å². The molecule has 45 heavy (non-hydrogen) atoms. The molecule has 7 nitrogen and oxygen atoms in total. The smallest absolute Gasteiger partial charge is 0.264 e. The predicted molar refractivity (Wildman–Crippen MR) is 180 cm³/mol. The van der Waals surface area contributed by atoms with Crippen LogP contribution in [0.3, 0.4) is 0 Å².